The second-order valence-corrected chi connectivity index (χ2v) is 6.37. The van der Waals surface area contributed by atoms with Crippen LogP contribution in [-0.2, 0) is 13.1 Å². The first-order valence-electron chi connectivity index (χ1n) is 7.11. The molecule has 10 heteroatoms. The molecule has 0 atom stereocenters. The van der Waals surface area contributed by atoms with Crippen molar-refractivity contribution in [2.24, 2.45) is 0 Å². The minimum atomic E-state index is -4.24. The molecule has 0 unspecified atom stereocenters. The molecule has 2 aliphatic heterocycles. The van der Waals surface area contributed by atoms with Gasteiger partial charge in [0, 0.05) is 19.6 Å². The molecule has 23 heavy (non-hydrogen) atoms. The second-order valence-electron chi connectivity index (χ2n) is 5.99. The van der Waals surface area contributed by atoms with Crippen LogP contribution in [0.4, 0.5) is 17.6 Å². The van der Waals surface area contributed by atoms with Crippen molar-refractivity contribution in [3.05, 3.63) is 16.4 Å². The Balaban J connectivity index is 1.89. The number of rotatable bonds is 1. The standard InChI is InChI=1S/C13H15ClF4N4O/c1-20-3-2-4-22-8(5-20)9(14)10(19-22)11(23)21-6-12(15,16)13(17,18)7-21/h2-7H2,1H3. The molecule has 0 N–H and O–H groups in total. The number of aryl methyl sites for hydroxylation is 1. The van der Waals surface area contributed by atoms with Crippen LogP contribution in [0.15, 0.2) is 0 Å². The van der Waals surface area contributed by atoms with Crippen molar-refractivity contribution in [1.29, 1.82) is 0 Å². The lowest BCUT2D eigenvalue weighted by molar-refractivity contribution is -0.172. The predicted molar refractivity (Wildman–Crippen MR) is 74.0 cm³/mol. The number of likely N-dealkylation sites (tertiary alicyclic amines) is 1. The van der Waals surface area contributed by atoms with E-state index < -0.39 is 30.8 Å². The minimum Gasteiger partial charge on any atom is -0.325 e. The number of carbonyl (C=O) groups excluding carboxylic acids is 1. The van der Waals surface area contributed by atoms with E-state index in [9.17, 15) is 22.4 Å². The van der Waals surface area contributed by atoms with Crippen LogP contribution in [0.5, 0.6) is 0 Å². The molecule has 1 aromatic heterocycles. The lowest BCUT2D eigenvalue weighted by atomic mass is 10.2. The summed E-state index contributed by atoms with van der Waals surface area (Å²) in [5.41, 5.74) is 0.346. The average Bonchev–Trinajstić information content (AvgIpc) is 2.76. The smallest absolute Gasteiger partial charge is 0.325 e. The number of carbonyl (C=O) groups is 1. The van der Waals surface area contributed by atoms with Gasteiger partial charge in [-0.05, 0) is 13.5 Å². The van der Waals surface area contributed by atoms with Gasteiger partial charge in [-0.15, -0.1) is 0 Å². The zero-order chi connectivity index (χ0) is 17.0. The molecule has 1 amide bonds. The van der Waals surface area contributed by atoms with Crippen LogP contribution in [0.1, 0.15) is 22.6 Å². The van der Waals surface area contributed by atoms with Gasteiger partial charge in [0.1, 0.15) is 0 Å². The summed E-state index contributed by atoms with van der Waals surface area (Å²) in [7, 11) is 1.88. The number of alkyl halides is 4. The number of hydrogen-bond acceptors (Lipinski definition) is 3. The quantitative estimate of drug-likeness (QED) is 0.725. The lowest BCUT2D eigenvalue weighted by Crippen LogP contribution is -2.38. The third-order valence-corrected chi connectivity index (χ3v) is 4.52. The topological polar surface area (TPSA) is 41.4 Å². The first-order chi connectivity index (χ1) is 10.6. The maximum Gasteiger partial charge on any atom is 0.329 e. The Hall–Kier alpha value is -1.35. The largest absolute Gasteiger partial charge is 0.329 e. The Kier molecular flexibility index (Phi) is 3.83. The molecule has 1 aromatic rings. The highest BCUT2D eigenvalue weighted by atomic mass is 35.5. The van der Waals surface area contributed by atoms with Crippen molar-refractivity contribution in [3.8, 4) is 0 Å². The van der Waals surface area contributed by atoms with Crippen LogP contribution < -0.4 is 0 Å². The number of hydrogen-bond donors (Lipinski definition) is 0. The number of amides is 1. The van der Waals surface area contributed by atoms with Crippen molar-refractivity contribution in [3.63, 3.8) is 0 Å². The molecule has 0 aliphatic carbocycles. The summed E-state index contributed by atoms with van der Waals surface area (Å²) >= 11 is 6.16. The van der Waals surface area contributed by atoms with Crippen molar-refractivity contribution in [2.45, 2.75) is 31.4 Å². The summed E-state index contributed by atoms with van der Waals surface area (Å²) in [5.74, 6) is -9.48. The molecule has 0 bridgehead atoms. The van der Waals surface area contributed by atoms with E-state index >= 15 is 0 Å². The summed E-state index contributed by atoms with van der Waals surface area (Å²) in [6, 6.07) is 0. The van der Waals surface area contributed by atoms with Crippen molar-refractivity contribution in [1.82, 2.24) is 19.6 Å². The van der Waals surface area contributed by atoms with Crippen LogP contribution in [0.3, 0.4) is 0 Å². The number of nitrogens with zero attached hydrogens (tertiary/aromatic N) is 4. The Bertz CT molecular complexity index is 632. The highest BCUT2D eigenvalue weighted by Gasteiger charge is 2.64. The maximum absolute atomic E-state index is 13.3. The number of fused-ring (bicyclic) bond motifs is 1. The van der Waals surface area contributed by atoms with Gasteiger partial charge in [0.05, 0.1) is 23.8 Å². The van der Waals surface area contributed by atoms with Crippen LogP contribution in [-0.4, -0.2) is 64.0 Å². The molecule has 2 aliphatic rings. The summed E-state index contributed by atoms with van der Waals surface area (Å²) in [6.45, 7) is -0.869. The van der Waals surface area contributed by atoms with E-state index in [0.29, 0.717) is 23.7 Å². The van der Waals surface area contributed by atoms with Crippen LogP contribution in [0, 0.1) is 0 Å². The summed E-state index contributed by atoms with van der Waals surface area (Å²) in [4.78, 5) is 14.7. The second kappa shape index (κ2) is 5.34. The van der Waals surface area contributed by atoms with Gasteiger partial charge >= 0.3 is 11.8 Å². The third kappa shape index (κ3) is 2.69. The number of aromatic nitrogens is 2. The zero-order valence-electron chi connectivity index (χ0n) is 12.3. The van der Waals surface area contributed by atoms with Crippen LogP contribution in [0.25, 0.3) is 0 Å². The molecule has 1 saturated heterocycles. The van der Waals surface area contributed by atoms with E-state index in [-0.39, 0.29) is 10.7 Å². The first kappa shape index (κ1) is 16.5. The van der Waals surface area contributed by atoms with E-state index in [1.165, 1.54) is 0 Å². The molecule has 0 radical (unpaired) electrons. The minimum absolute atomic E-state index is 0.0438. The highest BCUT2D eigenvalue weighted by molar-refractivity contribution is 6.34. The lowest BCUT2D eigenvalue weighted by Gasteiger charge is -2.14. The Morgan fingerprint density at radius 2 is 1.78 bits per heavy atom. The van der Waals surface area contributed by atoms with Gasteiger partial charge in [0.25, 0.3) is 5.91 Å². The monoisotopic (exact) mass is 354 g/mol. The van der Waals surface area contributed by atoms with Gasteiger partial charge in [-0.1, -0.05) is 11.6 Å². The van der Waals surface area contributed by atoms with Crippen molar-refractivity contribution < 1.29 is 22.4 Å². The molecular formula is C13H15ClF4N4O. The van der Waals surface area contributed by atoms with E-state index in [4.69, 9.17) is 11.6 Å². The molecule has 5 nitrogen and oxygen atoms in total. The first-order valence-corrected chi connectivity index (χ1v) is 7.49. The van der Waals surface area contributed by atoms with Gasteiger partial charge in [-0.25, -0.2) is 0 Å². The highest BCUT2D eigenvalue weighted by Crippen LogP contribution is 2.41. The normalized spacial score (nSPS) is 23.7. The van der Waals surface area contributed by atoms with E-state index in [1.54, 1.807) is 4.68 Å². The zero-order valence-corrected chi connectivity index (χ0v) is 13.1. The summed E-state index contributed by atoms with van der Waals surface area (Å²) in [5, 5.41) is 4.11. The molecule has 3 heterocycles. The van der Waals surface area contributed by atoms with Gasteiger partial charge in [-0.2, -0.15) is 22.7 Å². The molecule has 0 spiro atoms. The fourth-order valence-electron chi connectivity index (χ4n) is 2.83. The summed E-state index contributed by atoms with van der Waals surface area (Å²) < 4.78 is 54.6. The average molecular weight is 355 g/mol. The molecule has 0 saturated carbocycles. The van der Waals surface area contributed by atoms with E-state index in [0.717, 1.165) is 13.0 Å². The number of halogens is 5. The SMILES string of the molecule is CN1CCCn2nc(C(=O)N3CC(F)(F)C(F)(F)C3)c(Cl)c2C1. The van der Waals surface area contributed by atoms with Crippen LogP contribution in [0.2, 0.25) is 5.02 Å². The Morgan fingerprint density at radius 1 is 1.17 bits per heavy atom. The molecule has 0 aromatic carbocycles. The van der Waals surface area contributed by atoms with E-state index in [1.807, 2.05) is 11.9 Å². The fraction of sp³-hybridized carbons (Fsp3) is 0.692. The Labute approximate surface area is 134 Å². The molecular weight excluding hydrogens is 340 g/mol. The van der Waals surface area contributed by atoms with Gasteiger partial charge in [0.2, 0.25) is 0 Å². The Morgan fingerprint density at radius 3 is 2.39 bits per heavy atom. The van der Waals surface area contributed by atoms with Crippen molar-refractivity contribution >= 4 is 17.5 Å². The fourth-order valence-corrected chi connectivity index (χ4v) is 3.11. The molecule has 128 valence electrons. The molecule has 3 rings (SSSR count). The molecule has 1 fully saturated rings. The van der Waals surface area contributed by atoms with Gasteiger partial charge < -0.3 is 9.80 Å². The van der Waals surface area contributed by atoms with Crippen LogP contribution >= 0.6 is 11.6 Å². The predicted octanol–water partition coefficient (Wildman–Crippen LogP) is 2.10. The third-order valence-electron chi connectivity index (χ3n) is 4.13. The van der Waals surface area contributed by atoms with E-state index in [2.05, 4.69) is 5.10 Å². The van der Waals surface area contributed by atoms with Crippen molar-refractivity contribution in [2.75, 3.05) is 26.7 Å². The maximum atomic E-state index is 13.3. The summed E-state index contributed by atoms with van der Waals surface area (Å²) in [6.07, 6.45) is 0.787. The van der Waals surface area contributed by atoms with Gasteiger partial charge in [-0.3, -0.25) is 9.48 Å². The van der Waals surface area contributed by atoms with Gasteiger partial charge in [0.15, 0.2) is 5.69 Å².